The van der Waals surface area contributed by atoms with Crippen LogP contribution in [-0.2, 0) is 14.3 Å². The Morgan fingerprint density at radius 3 is 2.65 bits per heavy atom. The van der Waals surface area contributed by atoms with Crippen LogP contribution in [0.1, 0.15) is 40.0 Å². The van der Waals surface area contributed by atoms with Gasteiger partial charge < -0.3 is 10.1 Å². The highest BCUT2D eigenvalue weighted by Crippen LogP contribution is 2.39. The van der Waals surface area contributed by atoms with E-state index in [9.17, 15) is 9.59 Å². The lowest BCUT2D eigenvalue weighted by Crippen LogP contribution is -2.43. The summed E-state index contributed by atoms with van der Waals surface area (Å²) in [6.07, 6.45) is 2.98. The van der Waals surface area contributed by atoms with Gasteiger partial charge in [0, 0.05) is 12.6 Å². The summed E-state index contributed by atoms with van der Waals surface area (Å²) in [5, 5.41) is 2.99. The summed E-state index contributed by atoms with van der Waals surface area (Å²) >= 11 is 0. The van der Waals surface area contributed by atoms with E-state index in [2.05, 4.69) is 24.1 Å². The van der Waals surface area contributed by atoms with Gasteiger partial charge >= 0.3 is 5.97 Å². The maximum atomic E-state index is 12.3. The fourth-order valence-electron chi connectivity index (χ4n) is 2.90. The van der Waals surface area contributed by atoms with Crippen LogP contribution in [0.3, 0.4) is 0 Å². The van der Waals surface area contributed by atoms with E-state index in [-0.39, 0.29) is 17.8 Å². The highest BCUT2D eigenvalue weighted by Gasteiger charge is 2.48. The monoisotopic (exact) mass is 282 g/mol. The summed E-state index contributed by atoms with van der Waals surface area (Å²) < 4.78 is 5.25. The Kier molecular flexibility index (Phi) is 4.68. The van der Waals surface area contributed by atoms with Gasteiger partial charge in [-0.1, -0.05) is 13.8 Å². The molecule has 114 valence electrons. The Hall–Kier alpha value is -1.10. The van der Waals surface area contributed by atoms with E-state index in [0.717, 1.165) is 25.8 Å². The number of likely N-dealkylation sites (tertiary alicyclic amines) is 1. The van der Waals surface area contributed by atoms with E-state index >= 15 is 0 Å². The van der Waals surface area contributed by atoms with Gasteiger partial charge in [-0.15, -0.1) is 0 Å². The van der Waals surface area contributed by atoms with Crippen molar-refractivity contribution in [1.82, 2.24) is 10.2 Å². The largest absolute Gasteiger partial charge is 0.466 e. The smallest absolute Gasteiger partial charge is 0.313 e. The molecule has 1 aliphatic carbocycles. The second-order valence-corrected chi connectivity index (χ2v) is 6.33. The van der Waals surface area contributed by atoms with E-state index in [4.69, 9.17) is 4.74 Å². The number of esters is 1. The van der Waals surface area contributed by atoms with Crippen molar-refractivity contribution in [1.29, 1.82) is 0 Å². The van der Waals surface area contributed by atoms with Crippen LogP contribution < -0.4 is 5.32 Å². The van der Waals surface area contributed by atoms with Crippen molar-refractivity contribution < 1.29 is 14.3 Å². The zero-order valence-electron chi connectivity index (χ0n) is 12.8. The second kappa shape index (κ2) is 6.12. The number of nitrogens with zero attached hydrogens (tertiary/aromatic N) is 1. The van der Waals surface area contributed by atoms with Crippen molar-refractivity contribution in [3.63, 3.8) is 0 Å². The van der Waals surface area contributed by atoms with Gasteiger partial charge in [0.25, 0.3) is 0 Å². The highest BCUT2D eigenvalue weighted by molar-refractivity contribution is 5.80. The van der Waals surface area contributed by atoms with Crippen molar-refractivity contribution >= 4 is 11.9 Å². The third-order valence-electron chi connectivity index (χ3n) is 4.48. The number of hydrogen-bond donors (Lipinski definition) is 1. The van der Waals surface area contributed by atoms with E-state index in [1.165, 1.54) is 0 Å². The quantitative estimate of drug-likeness (QED) is 0.743. The summed E-state index contributed by atoms with van der Waals surface area (Å²) in [5.41, 5.74) is -0.449. The van der Waals surface area contributed by atoms with Gasteiger partial charge in [0.2, 0.25) is 5.91 Å². The number of carbonyl (C=O) groups excluding carboxylic acids is 2. The number of amides is 1. The zero-order valence-corrected chi connectivity index (χ0v) is 12.8. The Bertz CT molecular complexity index is 379. The lowest BCUT2D eigenvalue weighted by atomic mass is 9.76. The Balaban J connectivity index is 1.92. The van der Waals surface area contributed by atoms with Gasteiger partial charge in [0.15, 0.2) is 0 Å². The van der Waals surface area contributed by atoms with Crippen LogP contribution in [0.15, 0.2) is 0 Å². The topological polar surface area (TPSA) is 58.6 Å². The molecule has 0 aromatic carbocycles. The predicted molar refractivity (Wildman–Crippen MR) is 76.1 cm³/mol. The van der Waals surface area contributed by atoms with Crippen LogP contribution in [0.5, 0.6) is 0 Å². The minimum atomic E-state index is -0.449. The fourth-order valence-corrected chi connectivity index (χ4v) is 2.90. The summed E-state index contributed by atoms with van der Waals surface area (Å²) in [5.74, 6) is 0.189. The molecule has 5 nitrogen and oxygen atoms in total. The van der Waals surface area contributed by atoms with E-state index in [0.29, 0.717) is 25.7 Å². The molecular formula is C15H26N2O3. The Morgan fingerprint density at radius 1 is 1.40 bits per heavy atom. The summed E-state index contributed by atoms with van der Waals surface area (Å²) in [7, 11) is 0. The molecule has 0 bridgehead atoms. The Labute approximate surface area is 121 Å². The number of hydrogen-bond acceptors (Lipinski definition) is 4. The van der Waals surface area contributed by atoms with Crippen molar-refractivity contribution in [2.24, 2.45) is 11.3 Å². The average molecular weight is 282 g/mol. The molecule has 2 fully saturated rings. The van der Waals surface area contributed by atoms with Gasteiger partial charge in [0.1, 0.15) is 0 Å². The summed E-state index contributed by atoms with van der Waals surface area (Å²) in [6.45, 7) is 8.17. The molecule has 1 atom stereocenters. The first-order valence-electron chi connectivity index (χ1n) is 7.67. The summed E-state index contributed by atoms with van der Waals surface area (Å²) in [4.78, 5) is 26.2. The minimum absolute atomic E-state index is 0.0796. The predicted octanol–water partition coefficient (Wildman–Crippen LogP) is 1.18. The lowest BCUT2D eigenvalue weighted by Gasteiger charge is -2.30. The molecule has 2 aliphatic rings. The molecule has 1 amide bonds. The van der Waals surface area contributed by atoms with Crippen molar-refractivity contribution in [2.75, 3.05) is 26.2 Å². The SMILES string of the molecule is CCOC(=O)[C@]1(C(C)C)CCN(CC(=O)NC2CC2)C1. The van der Waals surface area contributed by atoms with Crippen LogP contribution in [-0.4, -0.2) is 49.1 Å². The van der Waals surface area contributed by atoms with Gasteiger partial charge in [-0.3, -0.25) is 14.5 Å². The first kappa shape index (κ1) is 15.3. The van der Waals surface area contributed by atoms with Crippen LogP contribution >= 0.6 is 0 Å². The molecule has 0 spiro atoms. The molecule has 0 aromatic heterocycles. The first-order valence-corrected chi connectivity index (χ1v) is 7.67. The van der Waals surface area contributed by atoms with Crippen LogP contribution in [0.25, 0.3) is 0 Å². The standard InChI is InChI=1S/C15H26N2O3/c1-4-20-14(19)15(11(2)3)7-8-17(10-15)9-13(18)16-12-5-6-12/h11-12H,4-10H2,1-3H3,(H,16,18)/t15-/m1/s1. The number of ether oxygens (including phenoxy) is 1. The third-order valence-corrected chi connectivity index (χ3v) is 4.48. The zero-order chi connectivity index (χ0) is 14.8. The normalized spacial score (nSPS) is 26.8. The van der Waals surface area contributed by atoms with Crippen LogP contribution in [0, 0.1) is 11.3 Å². The molecule has 2 rings (SSSR count). The van der Waals surface area contributed by atoms with Gasteiger partial charge in [-0.05, 0) is 38.6 Å². The van der Waals surface area contributed by atoms with Crippen LogP contribution in [0.4, 0.5) is 0 Å². The molecule has 5 heteroatoms. The molecule has 0 unspecified atom stereocenters. The lowest BCUT2D eigenvalue weighted by molar-refractivity contribution is -0.157. The Morgan fingerprint density at radius 2 is 2.10 bits per heavy atom. The number of carbonyl (C=O) groups is 2. The van der Waals surface area contributed by atoms with Gasteiger partial charge in [-0.2, -0.15) is 0 Å². The minimum Gasteiger partial charge on any atom is -0.466 e. The second-order valence-electron chi connectivity index (χ2n) is 6.33. The van der Waals surface area contributed by atoms with E-state index in [1.807, 2.05) is 6.92 Å². The molecule has 1 N–H and O–H groups in total. The maximum absolute atomic E-state index is 12.3. The molecule has 20 heavy (non-hydrogen) atoms. The highest BCUT2D eigenvalue weighted by atomic mass is 16.5. The van der Waals surface area contributed by atoms with E-state index in [1.54, 1.807) is 0 Å². The molecule has 0 radical (unpaired) electrons. The van der Waals surface area contributed by atoms with Crippen LogP contribution in [0.2, 0.25) is 0 Å². The number of rotatable bonds is 6. The van der Waals surface area contributed by atoms with Crippen molar-refractivity contribution in [2.45, 2.75) is 46.1 Å². The number of nitrogens with one attached hydrogen (secondary N) is 1. The molecule has 1 aliphatic heterocycles. The molecule has 1 heterocycles. The molecule has 1 saturated carbocycles. The molecular weight excluding hydrogens is 256 g/mol. The maximum Gasteiger partial charge on any atom is 0.313 e. The first-order chi connectivity index (χ1) is 9.48. The third kappa shape index (κ3) is 3.32. The van der Waals surface area contributed by atoms with E-state index < -0.39 is 5.41 Å². The molecule has 0 aromatic rings. The average Bonchev–Trinajstić information content (AvgIpc) is 3.06. The molecule has 1 saturated heterocycles. The fraction of sp³-hybridized carbons (Fsp3) is 0.867. The van der Waals surface area contributed by atoms with Crippen molar-refractivity contribution in [3.05, 3.63) is 0 Å². The van der Waals surface area contributed by atoms with Crippen molar-refractivity contribution in [3.8, 4) is 0 Å². The van der Waals surface area contributed by atoms with Gasteiger partial charge in [0.05, 0.1) is 18.6 Å². The van der Waals surface area contributed by atoms with Gasteiger partial charge in [-0.25, -0.2) is 0 Å². The summed E-state index contributed by atoms with van der Waals surface area (Å²) in [6, 6.07) is 0.394.